The molecule has 0 bridgehead atoms. The molecule has 6 nitrogen and oxygen atoms in total. The molecule has 1 aromatic heterocycles. The van der Waals surface area contributed by atoms with Gasteiger partial charge < -0.3 is 4.74 Å². The molecule has 0 aliphatic rings. The third kappa shape index (κ3) is 4.30. The molecular formula is C16H16FNO5S2. The van der Waals surface area contributed by atoms with Gasteiger partial charge in [0.25, 0.3) is 0 Å². The molecule has 2 rings (SSSR count). The van der Waals surface area contributed by atoms with Crippen LogP contribution in [-0.2, 0) is 14.8 Å². The fourth-order valence-electron chi connectivity index (χ4n) is 2.14. The number of esters is 1. The van der Waals surface area contributed by atoms with E-state index < -0.39 is 39.8 Å². The Morgan fingerprint density at radius 3 is 2.44 bits per heavy atom. The average molecular weight is 385 g/mol. The highest BCUT2D eigenvalue weighted by molar-refractivity contribution is 7.89. The van der Waals surface area contributed by atoms with E-state index in [4.69, 9.17) is 4.74 Å². The Morgan fingerprint density at radius 1 is 1.20 bits per heavy atom. The number of hydrogen-bond donors (Lipinski definition) is 1. The molecule has 9 heteroatoms. The SMILES string of the molecule is CNS(=O)(=O)c1ccc(F)c(C(=O)OCC(=O)c2cc(C)sc2C)c1. The lowest BCUT2D eigenvalue weighted by Gasteiger charge is -2.08. The maximum atomic E-state index is 13.8. The van der Waals surface area contributed by atoms with Crippen LogP contribution in [0, 0.1) is 19.7 Å². The number of carbonyl (C=O) groups excluding carboxylic acids is 2. The van der Waals surface area contributed by atoms with Crippen LogP contribution < -0.4 is 4.72 Å². The summed E-state index contributed by atoms with van der Waals surface area (Å²) in [7, 11) is -2.64. The second kappa shape index (κ2) is 7.42. The van der Waals surface area contributed by atoms with E-state index in [2.05, 4.69) is 4.72 Å². The minimum Gasteiger partial charge on any atom is -0.454 e. The summed E-state index contributed by atoms with van der Waals surface area (Å²) in [5.41, 5.74) is -0.107. The summed E-state index contributed by atoms with van der Waals surface area (Å²) in [5.74, 6) is -2.45. The second-order valence-electron chi connectivity index (χ2n) is 5.18. The third-order valence-corrected chi connectivity index (χ3v) is 5.79. The maximum Gasteiger partial charge on any atom is 0.341 e. The van der Waals surface area contributed by atoms with E-state index in [9.17, 15) is 22.4 Å². The first-order valence-corrected chi connectivity index (χ1v) is 9.46. The number of benzene rings is 1. The smallest absolute Gasteiger partial charge is 0.341 e. The summed E-state index contributed by atoms with van der Waals surface area (Å²) in [6.45, 7) is 3.07. The zero-order valence-electron chi connectivity index (χ0n) is 13.8. The summed E-state index contributed by atoms with van der Waals surface area (Å²) < 4.78 is 44.2. The van der Waals surface area contributed by atoms with E-state index in [1.807, 2.05) is 6.92 Å². The Hall–Kier alpha value is -2.10. The molecule has 1 heterocycles. The normalized spacial score (nSPS) is 11.4. The van der Waals surface area contributed by atoms with Gasteiger partial charge in [-0.1, -0.05) is 0 Å². The lowest BCUT2D eigenvalue weighted by molar-refractivity contribution is 0.0469. The maximum absolute atomic E-state index is 13.8. The Labute approximate surface area is 148 Å². The van der Waals surface area contributed by atoms with Gasteiger partial charge >= 0.3 is 5.97 Å². The molecule has 25 heavy (non-hydrogen) atoms. The quantitative estimate of drug-likeness (QED) is 0.609. The molecular weight excluding hydrogens is 369 g/mol. The highest BCUT2D eigenvalue weighted by Gasteiger charge is 2.21. The molecule has 0 spiro atoms. The Balaban J connectivity index is 2.17. The molecule has 0 radical (unpaired) electrons. The average Bonchev–Trinajstić information content (AvgIpc) is 2.91. The number of thiophene rings is 1. The first-order valence-electron chi connectivity index (χ1n) is 7.16. The molecule has 0 saturated carbocycles. The zero-order chi connectivity index (χ0) is 18.8. The van der Waals surface area contributed by atoms with Crippen molar-refractivity contribution >= 4 is 33.1 Å². The van der Waals surface area contributed by atoms with Crippen LogP contribution >= 0.6 is 11.3 Å². The standard InChI is InChI=1S/C16H16FNO5S2/c1-9-6-12(10(2)24-9)15(19)8-23-16(20)13-7-11(4-5-14(13)17)25(21,22)18-3/h4-7,18H,8H2,1-3H3. The van der Waals surface area contributed by atoms with Crippen LogP contribution in [0.1, 0.15) is 30.5 Å². The van der Waals surface area contributed by atoms with Gasteiger partial charge in [0.2, 0.25) is 15.8 Å². The van der Waals surface area contributed by atoms with Crippen molar-refractivity contribution in [3.8, 4) is 0 Å². The van der Waals surface area contributed by atoms with Gasteiger partial charge in [-0.05, 0) is 45.2 Å². The van der Waals surface area contributed by atoms with Crippen LogP contribution in [0.4, 0.5) is 4.39 Å². The number of hydrogen-bond acceptors (Lipinski definition) is 6. The first kappa shape index (κ1) is 19.2. The summed E-state index contributed by atoms with van der Waals surface area (Å²) in [5, 5.41) is 0. The number of ketones is 1. The van der Waals surface area contributed by atoms with Gasteiger partial charge in [-0.25, -0.2) is 22.3 Å². The fraction of sp³-hybridized carbons (Fsp3) is 0.250. The molecule has 1 N–H and O–H groups in total. The molecule has 0 aliphatic heterocycles. The number of halogens is 1. The third-order valence-electron chi connectivity index (χ3n) is 3.41. The van der Waals surface area contributed by atoms with Crippen molar-refractivity contribution in [3.05, 3.63) is 51.0 Å². The van der Waals surface area contributed by atoms with E-state index in [1.54, 1.807) is 13.0 Å². The molecule has 0 saturated heterocycles. The predicted molar refractivity (Wildman–Crippen MR) is 91.1 cm³/mol. The molecule has 0 fully saturated rings. The largest absolute Gasteiger partial charge is 0.454 e. The molecule has 0 amide bonds. The molecule has 0 atom stereocenters. The number of nitrogens with one attached hydrogen (secondary N) is 1. The predicted octanol–water partition coefficient (Wildman–Crippen LogP) is 2.45. The summed E-state index contributed by atoms with van der Waals surface area (Å²) >= 11 is 1.44. The van der Waals surface area contributed by atoms with E-state index in [1.165, 1.54) is 18.4 Å². The van der Waals surface area contributed by atoms with E-state index >= 15 is 0 Å². The second-order valence-corrected chi connectivity index (χ2v) is 8.52. The number of sulfonamides is 1. The van der Waals surface area contributed by atoms with Crippen molar-refractivity contribution in [2.75, 3.05) is 13.7 Å². The van der Waals surface area contributed by atoms with Crippen molar-refractivity contribution in [3.63, 3.8) is 0 Å². The van der Waals surface area contributed by atoms with Crippen LogP contribution in [0.5, 0.6) is 0 Å². The highest BCUT2D eigenvalue weighted by atomic mass is 32.2. The van der Waals surface area contributed by atoms with Gasteiger partial charge in [-0.15, -0.1) is 11.3 Å². The number of carbonyl (C=O) groups is 2. The number of aryl methyl sites for hydroxylation is 2. The Kier molecular flexibility index (Phi) is 5.71. The van der Waals surface area contributed by atoms with Crippen molar-refractivity contribution in [2.45, 2.75) is 18.7 Å². The van der Waals surface area contributed by atoms with Gasteiger partial charge in [-0.3, -0.25) is 4.79 Å². The van der Waals surface area contributed by atoms with Gasteiger partial charge in [0.05, 0.1) is 10.5 Å². The van der Waals surface area contributed by atoms with E-state index in [0.29, 0.717) is 5.56 Å². The molecule has 2 aromatic rings. The van der Waals surface area contributed by atoms with Crippen molar-refractivity contribution in [1.82, 2.24) is 4.72 Å². The lowest BCUT2D eigenvalue weighted by Crippen LogP contribution is -2.20. The summed E-state index contributed by atoms with van der Waals surface area (Å²) in [6, 6.07) is 4.44. The molecule has 1 aromatic carbocycles. The van der Waals surface area contributed by atoms with Crippen LogP contribution in [0.3, 0.4) is 0 Å². The fourth-order valence-corrected chi connectivity index (χ4v) is 3.84. The number of Topliss-reactive ketones (excluding diaryl/α,β-unsaturated/α-hetero) is 1. The van der Waals surface area contributed by atoms with Crippen LogP contribution in [0.15, 0.2) is 29.2 Å². The van der Waals surface area contributed by atoms with Crippen LogP contribution in [0.25, 0.3) is 0 Å². The lowest BCUT2D eigenvalue weighted by atomic mass is 10.1. The van der Waals surface area contributed by atoms with Gasteiger partial charge in [-0.2, -0.15) is 0 Å². The zero-order valence-corrected chi connectivity index (χ0v) is 15.4. The van der Waals surface area contributed by atoms with Crippen molar-refractivity contribution < 1.29 is 27.1 Å². The van der Waals surface area contributed by atoms with E-state index in [-0.39, 0.29) is 4.90 Å². The van der Waals surface area contributed by atoms with Crippen LogP contribution in [-0.4, -0.2) is 33.8 Å². The van der Waals surface area contributed by atoms with Crippen molar-refractivity contribution in [2.24, 2.45) is 0 Å². The minimum atomic E-state index is -3.84. The summed E-state index contributed by atoms with van der Waals surface area (Å²) in [6.07, 6.45) is 0. The van der Waals surface area contributed by atoms with Gasteiger partial charge in [0.1, 0.15) is 5.82 Å². The minimum absolute atomic E-state index is 0.279. The van der Waals surface area contributed by atoms with E-state index in [0.717, 1.165) is 28.0 Å². The van der Waals surface area contributed by atoms with Gasteiger partial charge in [0.15, 0.2) is 6.61 Å². The monoisotopic (exact) mass is 385 g/mol. The highest BCUT2D eigenvalue weighted by Crippen LogP contribution is 2.21. The molecule has 0 aliphatic carbocycles. The Morgan fingerprint density at radius 2 is 1.88 bits per heavy atom. The molecule has 134 valence electrons. The first-order chi connectivity index (χ1) is 11.7. The summed E-state index contributed by atoms with van der Waals surface area (Å²) in [4.78, 5) is 25.6. The van der Waals surface area contributed by atoms with Crippen LogP contribution in [0.2, 0.25) is 0 Å². The van der Waals surface area contributed by atoms with Gasteiger partial charge in [0, 0.05) is 15.3 Å². The number of ether oxygens (including phenoxy) is 1. The molecule has 0 unspecified atom stereocenters. The Bertz CT molecular complexity index is 934. The topological polar surface area (TPSA) is 89.5 Å². The van der Waals surface area contributed by atoms with Crippen molar-refractivity contribution in [1.29, 1.82) is 0 Å². The number of rotatable bonds is 6.